The fourth-order valence-electron chi connectivity index (χ4n) is 3.35. The van der Waals surface area contributed by atoms with Crippen molar-refractivity contribution in [1.29, 1.82) is 0 Å². The lowest BCUT2D eigenvalue weighted by Gasteiger charge is -2.29. The molecule has 0 radical (unpaired) electrons. The lowest BCUT2D eigenvalue weighted by Crippen LogP contribution is -2.31. The first-order chi connectivity index (χ1) is 13.1. The van der Waals surface area contributed by atoms with Crippen molar-refractivity contribution in [2.24, 2.45) is 0 Å². The van der Waals surface area contributed by atoms with Crippen molar-refractivity contribution in [3.05, 3.63) is 82.8 Å². The quantitative estimate of drug-likeness (QED) is 0.771. The van der Waals surface area contributed by atoms with Crippen LogP contribution in [0.15, 0.2) is 54.9 Å². The molecule has 0 fully saturated rings. The van der Waals surface area contributed by atoms with E-state index in [1.165, 1.54) is 11.1 Å². The molecule has 1 aromatic heterocycles. The lowest BCUT2D eigenvalue weighted by molar-refractivity contribution is 0.102. The van der Waals surface area contributed by atoms with Gasteiger partial charge in [-0.25, -0.2) is 9.97 Å². The van der Waals surface area contributed by atoms with Gasteiger partial charge in [0.15, 0.2) is 0 Å². The van der Waals surface area contributed by atoms with Crippen molar-refractivity contribution in [3.8, 4) is 0 Å². The van der Waals surface area contributed by atoms with Crippen molar-refractivity contribution in [2.75, 3.05) is 16.8 Å². The molecule has 3 aromatic rings. The second kappa shape index (κ2) is 7.19. The Morgan fingerprint density at radius 1 is 1.04 bits per heavy atom. The van der Waals surface area contributed by atoms with Crippen LogP contribution in [0.1, 0.15) is 32.7 Å². The zero-order valence-corrected chi connectivity index (χ0v) is 15.6. The first-order valence-corrected chi connectivity index (χ1v) is 9.12. The average molecular weight is 358 g/mol. The van der Waals surface area contributed by atoms with Crippen LogP contribution < -0.4 is 10.2 Å². The highest BCUT2D eigenvalue weighted by Crippen LogP contribution is 2.22. The Balaban J connectivity index is 1.48. The zero-order valence-electron chi connectivity index (χ0n) is 15.6. The SMILES string of the molecule is Cc1ccc(C)c(NC(=O)c2cnc(N3CCc4ccccc4C3)cn2)c1. The number of rotatable bonds is 3. The molecule has 2 aromatic carbocycles. The van der Waals surface area contributed by atoms with E-state index in [-0.39, 0.29) is 5.91 Å². The third-order valence-corrected chi connectivity index (χ3v) is 4.97. The number of amides is 1. The minimum absolute atomic E-state index is 0.244. The van der Waals surface area contributed by atoms with Gasteiger partial charge in [0.05, 0.1) is 12.4 Å². The third kappa shape index (κ3) is 3.67. The number of carbonyl (C=O) groups excluding carboxylic acids is 1. The van der Waals surface area contributed by atoms with Crippen LogP contribution in [0.2, 0.25) is 0 Å². The van der Waals surface area contributed by atoms with Crippen LogP contribution in [-0.4, -0.2) is 22.4 Å². The van der Waals surface area contributed by atoms with Crippen LogP contribution in [0.3, 0.4) is 0 Å². The summed E-state index contributed by atoms with van der Waals surface area (Å²) in [5, 5.41) is 2.92. The summed E-state index contributed by atoms with van der Waals surface area (Å²) in [4.78, 5) is 23.5. The molecule has 0 saturated heterocycles. The maximum Gasteiger partial charge on any atom is 0.275 e. The summed E-state index contributed by atoms with van der Waals surface area (Å²) in [6, 6.07) is 14.5. The topological polar surface area (TPSA) is 58.1 Å². The maximum absolute atomic E-state index is 12.5. The minimum atomic E-state index is -0.244. The molecule has 2 heterocycles. The van der Waals surface area contributed by atoms with E-state index < -0.39 is 0 Å². The Morgan fingerprint density at radius 3 is 2.63 bits per heavy atom. The standard InChI is InChI=1S/C22H22N4O/c1-15-7-8-16(2)19(11-15)25-22(27)20-12-24-21(13-23-20)26-10-9-17-5-3-4-6-18(17)14-26/h3-8,11-13H,9-10,14H2,1-2H3,(H,25,27). The number of anilines is 2. The number of nitrogens with one attached hydrogen (secondary N) is 1. The van der Waals surface area contributed by atoms with Crippen molar-refractivity contribution in [1.82, 2.24) is 9.97 Å². The van der Waals surface area contributed by atoms with Gasteiger partial charge < -0.3 is 10.2 Å². The molecule has 0 spiro atoms. The van der Waals surface area contributed by atoms with Gasteiger partial charge in [0.25, 0.3) is 5.91 Å². The smallest absolute Gasteiger partial charge is 0.275 e. The van der Waals surface area contributed by atoms with Crippen LogP contribution in [-0.2, 0) is 13.0 Å². The molecule has 1 amide bonds. The van der Waals surface area contributed by atoms with Crippen molar-refractivity contribution >= 4 is 17.4 Å². The summed E-state index contributed by atoms with van der Waals surface area (Å²) in [5.74, 6) is 0.555. The number of nitrogens with zero attached hydrogens (tertiary/aromatic N) is 3. The largest absolute Gasteiger partial charge is 0.351 e. The minimum Gasteiger partial charge on any atom is -0.351 e. The van der Waals surface area contributed by atoms with Gasteiger partial charge in [-0.15, -0.1) is 0 Å². The summed E-state index contributed by atoms with van der Waals surface area (Å²) >= 11 is 0. The normalized spacial score (nSPS) is 13.2. The van der Waals surface area contributed by atoms with Gasteiger partial charge in [-0.05, 0) is 48.6 Å². The summed E-state index contributed by atoms with van der Waals surface area (Å²) in [6.07, 6.45) is 4.23. The van der Waals surface area contributed by atoms with Gasteiger partial charge in [-0.3, -0.25) is 4.79 Å². The monoisotopic (exact) mass is 358 g/mol. The molecule has 5 nitrogen and oxygen atoms in total. The van der Waals surface area contributed by atoms with Crippen LogP contribution in [0.5, 0.6) is 0 Å². The molecule has 4 rings (SSSR count). The van der Waals surface area contributed by atoms with Gasteiger partial charge >= 0.3 is 0 Å². The predicted molar refractivity (Wildman–Crippen MR) is 107 cm³/mol. The first-order valence-electron chi connectivity index (χ1n) is 9.12. The Bertz CT molecular complexity index is 982. The Hall–Kier alpha value is -3.21. The molecule has 0 saturated carbocycles. The van der Waals surface area contributed by atoms with Crippen LogP contribution in [0, 0.1) is 13.8 Å². The maximum atomic E-state index is 12.5. The second-order valence-electron chi connectivity index (χ2n) is 6.97. The number of benzene rings is 2. The molecule has 5 heteroatoms. The number of hydrogen-bond acceptors (Lipinski definition) is 4. The van der Waals surface area contributed by atoms with Gasteiger partial charge in [0.1, 0.15) is 11.5 Å². The fourth-order valence-corrected chi connectivity index (χ4v) is 3.35. The Labute approximate surface area is 159 Å². The average Bonchev–Trinajstić information content (AvgIpc) is 2.70. The summed E-state index contributed by atoms with van der Waals surface area (Å²) in [7, 11) is 0. The number of aromatic nitrogens is 2. The van der Waals surface area contributed by atoms with Crippen LogP contribution in [0.4, 0.5) is 11.5 Å². The van der Waals surface area contributed by atoms with E-state index in [9.17, 15) is 4.79 Å². The van der Waals surface area contributed by atoms with E-state index in [2.05, 4.69) is 44.5 Å². The van der Waals surface area contributed by atoms with Crippen molar-refractivity contribution in [3.63, 3.8) is 0 Å². The molecular weight excluding hydrogens is 336 g/mol. The second-order valence-corrected chi connectivity index (χ2v) is 6.97. The summed E-state index contributed by atoms with van der Waals surface area (Å²) in [5.41, 5.74) is 5.96. The molecular formula is C22H22N4O. The van der Waals surface area contributed by atoms with Gasteiger partial charge in [0.2, 0.25) is 0 Å². The summed E-state index contributed by atoms with van der Waals surface area (Å²) < 4.78 is 0. The fraction of sp³-hybridized carbons (Fsp3) is 0.227. The highest BCUT2D eigenvalue weighted by atomic mass is 16.1. The van der Waals surface area contributed by atoms with Gasteiger partial charge in [-0.1, -0.05) is 36.4 Å². The Morgan fingerprint density at radius 2 is 1.85 bits per heavy atom. The molecule has 136 valence electrons. The zero-order chi connectivity index (χ0) is 18.8. The highest BCUT2D eigenvalue weighted by Gasteiger charge is 2.18. The van der Waals surface area contributed by atoms with Crippen molar-refractivity contribution in [2.45, 2.75) is 26.8 Å². The van der Waals surface area contributed by atoms with Gasteiger partial charge in [0, 0.05) is 18.8 Å². The third-order valence-electron chi connectivity index (χ3n) is 4.97. The molecule has 1 aliphatic rings. The molecule has 27 heavy (non-hydrogen) atoms. The molecule has 0 atom stereocenters. The number of carbonyl (C=O) groups is 1. The van der Waals surface area contributed by atoms with E-state index in [1.54, 1.807) is 12.4 Å². The number of aryl methyl sites for hydroxylation is 2. The Kier molecular flexibility index (Phi) is 4.59. The van der Waals surface area contributed by atoms with E-state index in [0.29, 0.717) is 5.69 Å². The molecule has 0 unspecified atom stereocenters. The van der Waals surface area contributed by atoms with E-state index in [0.717, 1.165) is 42.1 Å². The highest BCUT2D eigenvalue weighted by molar-refractivity contribution is 6.03. The number of hydrogen-bond donors (Lipinski definition) is 1. The van der Waals surface area contributed by atoms with Gasteiger partial charge in [-0.2, -0.15) is 0 Å². The predicted octanol–water partition coefficient (Wildman–Crippen LogP) is 3.91. The lowest BCUT2D eigenvalue weighted by atomic mass is 10.0. The van der Waals surface area contributed by atoms with Crippen LogP contribution in [0.25, 0.3) is 0 Å². The first kappa shape index (κ1) is 17.2. The molecule has 0 aliphatic carbocycles. The number of fused-ring (bicyclic) bond motifs is 1. The molecule has 1 N–H and O–H groups in total. The molecule has 1 aliphatic heterocycles. The van der Waals surface area contributed by atoms with E-state index >= 15 is 0 Å². The van der Waals surface area contributed by atoms with Crippen LogP contribution >= 0.6 is 0 Å². The van der Waals surface area contributed by atoms with Crippen molar-refractivity contribution < 1.29 is 4.79 Å². The van der Waals surface area contributed by atoms with E-state index in [4.69, 9.17) is 0 Å². The molecule has 0 bridgehead atoms. The van der Waals surface area contributed by atoms with E-state index in [1.807, 2.05) is 32.0 Å². The summed E-state index contributed by atoms with van der Waals surface area (Å²) in [6.45, 7) is 5.69.